The minimum atomic E-state index is 0.159. The van der Waals surface area contributed by atoms with Gasteiger partial charge >= 0.3 is 0 Å². The van der Waals surface area contributed by atoms with Crippen LogP contribution in [0, 0.1) is 0 Å². The van der Waals surface area contributed by atoms with E-state index in [0.717, 1.165) is 24.6 Å². The molecular weight excluding hydrogens is 166 g/mol. The van der Waals surface area contributed by atoms with Gasteiger partial charge in [0.05, 0.1) is 0 Å². The molecule has 13 heavy (non-hydrogen) atoms. The van der Waals surface area contributed by atoms with E-state index in [0.29, 0.717) is 6.42 Å². The first-order chi connectivity index (χ1) is 6.40. The Morgan fingerprint density at radius 2 is 2.00 bits per heavy atom. The van der Waals surface area contributed by atoms with E-state index in [1.807, 2.05) is 0 Å². The van der Waals surface area contributed by atoms with Crippen molar-refractivity contribution in [2.75, 3.05) is 24.6 Å². The van der Waals surface area contributed by atoms with Gasteiger partial charge in [-0.05, 0) is 18.4 Å². The second-order valence-corrected chi connectivity index (χ2v) is 3.21. The van der Waals surface area contributed by atoms with Crippen LogP contribution >= 0.6 is 0 Å². The largest absolute Gasteiger partial charge is 0.396 e. The Morgan fingerprint density at radius 3 is 2.46 bits per heavy atom. The van der Waals surface area contributed by atoms with Crippen LogP contribution in [0.5, 0.6) is 0 Å². The van der Waals surface area contributed by atoms with Crippen LogP contribution in [0.25, 0.3) is 0 Å². The molecule has 0 atom stereocenters. The fourth-order valence-corrected chi connectivity index (χ4v) is 1.29. The highest BCUT2D eigenvalue weighted by Gasteiger charge is 2.16. The highest BCUT2D eigenvalue weighted by atomic mass is 16.2. The first kappa shape index (κ1) is 8.44. The second kappa shape index (κ2) is 3.70. The van der Waals surface area contributed by atoms with Gasteiger partial charge in [0.1, 0.15) is 0 Å². The summed E-state index contributed by atoms with van der Waals surface area (Å²) >= 11 is 0. The summed E-state index contributed by atoms with van der Waals surface area (Å²) in [5.74, 6) is 0.813. The van der Waals surface area contributed by atoms with Crippen molar-refractivity contribution in [3.8, 4) is 0 Å². The molecule has 1 aliphatic heterocycles. The Morgan fingerprint density at radius 1 is 1.31 bits per heavy atom. The molecule has 1 aromatic heterocycles. The van der Waals surface area contributed by atoms with Gasteiger partial charge in [-0.25, -0.2) is 9.97 Å². The minimum absolute atomic E-state index is 0.159. The van der Waals surface area contributed by atoms with Crippen molar-refractivity contribution in [1.29, 1.82) is 0 Å². The number of rotatable bonds is 3. The van der Waals surface area contributed by atoms with Crippen LogP contribution in [0.2, 0.25) is 0 Å². The molecule has 1 aliphatic rings. The maximum atomic E-state index is 8.69. The maximum absolute atomic E-state index is 8.69. The Labute approximate surface area is 77.2 Å². The molecule has 0 bridgehead atoms. The normalized spacial score (nSPS) is 15.6. The molecule has 0 spiro atoms. The lowest BCUT2D eigenvalue weighted by Crippen LogP contribution is -2.38. The molecule has 1 fully saturated rings. The molecular formula is C9H13N3O. The lowest BCUT2D eigenvalue weighted by Gasteiger charge is -2.30. The summed E-state index contributed by atoms with van der Waals surface area (Å²) in [7, 11) is 0. The molecule has 0 unspecified atom stereocenters. The van der Waals surface area contributed by atoms with Crippen molar-refractivity contribution in [2.24, 2.45) is 0 Å². The number of hydrogen-bond donors (Lipinski definition) is 1. The minimum Gasteiger partial charge on any atom is -0.396 e. The summed E-state index contributed by atoms with van der Waals surface area (Å²) in [6.07, 6.45) is 5.45. The zero-order valence-corrected chi connectivity index (χ0v) is 7.48. The zero-order chi connectivity index (χ0) is 9.10. The van der Waals surface area contributed by atoms with Crippen LogP contribution in [0.4, 0.5) is 5.95 Å². The summed E-state index contributed by atoms with van der Waals surface area (Å²) in [4.78, 5) is 10.6. The molecule has 1 N–H and O–H groups in total. The maximum Gasteiger partial charge on any atom is 0.225 e. The highest BCUT2D eigenvalue weighted by Crippen LogP contribution is 2.14. The molecule has 0 amide bonds. The summed E-state index contributed by atoms with van der Waals surface area (Å²) in [6.45, 7) is 2.30. The quantitative estimate of drug-likeness (QED) is 0.721. The van der Waals surface area contributed by atoms with E-state index in [9.17, 15) is 0 Å². The molecule has 1 saturated heterocycles. The third kappa shape index (κ3) is 1.78. The molecule has 0 aliphatic carbocycles. The van der Waals surface area contributed by atoms with Gasteiger partial charge in [-0.1, -0.05) is 0 Å². The highest BCUT2D eigenvalue weighted by molar-refractivity contribution is 5.32. The SMILES string of the molecule is OCCc1cnc(N2CCC2)nc1. The van der Waals surface area contributed by atoms with Crippen molar-refractivity contribution < 1.29 is 5.11 Å². The van der Waals surface area contributed by atoms with Gasteiger partial charge in [0.2, 0.25) is 5.95 Å². The van der Waals surface area contributed by atoms with Gasteiger partial charge < -0.3 is 10.0 Å². The van der Waals surface area contributed by atoms with E-state index < -0.39 is 0 Å². The second-order valence-electron chi connectivity index (χ2n) is 3.21. The summed E-state index contributed by atoms with van der Waals surface area (Å²) in [6, 6.07) is 0. The van der Waals surface area contributed by atoms with Gasteiger partial charge in [-0.15, -0.1) is 0 Å². The van der Waals surface area contributed by atoms with Crippen LogP contribution in [0.3, 0.4) is 0 Å². The van der Waals surface area contributed by atoms with Crippen LogP contribution in [-0.4, -0.2) is 34.8 Å². The number of hydrogen-bond acceptors (Lipinski definition) is 4. The van der Waals surface area contributed by atoms with Gasteiger partial charge in [-0.3, -0.25) is 0 Å². The van der Waals surface area contributed by atoms with Crippen molar-refractivity contribution in [3.05, 3.63) is 18.0 Å². The first-order valence-corrected chi connectivity index (χ1v) is 4.57. The summed E-state index contributed by atoms with van der Waals surface area (Å²) < 4.78 is 0. The Kier molecular flexibility index (Phi) is 2.40. The number of aliphatic hydroxyl groups is 1. The zero-order valence-electron chi connectivity index (χ0n) is 7.48. The fourth-order valence-electron chi connectivity index (χ4n) is 1.29. The predicted octanol–water partition coefficient (Wildman–Crippen LogP) is 0.222. The fraction of sp³-hybridized carbons (Fsp3) is 0.556. The molecule has 0 saturated carbocycles. The molecule has 2 rings (SSSR count). The van der Waals surface area contributed by atoms with Crippen LogP contribution < -0.4 is 4.90 Å². The van der Waals surface area contributed by atoms with E-state index in [2.05, 4.69) is 14.9 Å². The van der Waals surface area contributed by atoms with E-state index in [-0.39, 0.29) is 6.61 Å². The molecule has 0 radical (unpaired) electrons. The lowest BCUT2D eigenvalue weighted by molar-refractivity contribution is 0.299. The third-order valence-electron chi connectivity index (χ3n) is 2.23. The van der Waals surface area contributed by atoms with E-state index >= 15 is 0 Å². The summed E-state index contributed by atoms with van der Waals surface area (Å²) in [5, 5.41) is 8.69. The monoisotopic (exact) mass is 179 g/mol. The number of anilines is 1. The van der Waals surface area contributed by atoms with E-state index in [1.165, 1.54) is 6.42 Å². The third-order valence-corrected chi connectivity index (χ3v) is 2.23. The molecule has 70 valence electrons. The van der Waals surface area contributed by atoms with Gasteiger partial charge in [-0.2, -0.15) is 0 Å². The van der Waals surface area contributed by atoms with Crippen LogP contribution in [0.15, 0.2) is 12.4 Å². The van der Waals surface area contributed by atoms with Crippen molar-refractivity contribution in [2.45, 2.75) is 12.8 Å². The average Bonchev–Trinajstić information content (AvgIpc) is 2.06. The van der Waals surface area contributed by atoms with Gasteiger partial charge in [0, 0.05) is 32.1 Å². The molecule has 1 aromatic rings. The van der Waals surface area contributed by atoms with Crippen molar-refractivity contribution in [1.82, 2.24) is 9.97 Å². The van der Waals surface area contributed by atoms with Crippen LogP contribution in [-0.2, 0) is 6.42 Å². The topological polar surface area (TPSA) is 49.3 Å². The molecule has 4 heteroatoms. The number of aromatic nitrogens is 2. The summed E-state index contributed by atoms with van der Waals surface area (Å²) in [5.41, 5.74) is 0.992. The first-order valence-electron chi connectivity index (χ1n) is 4.57. The number of aliphatic hydroxyl groups excluding tert-OH is 1. The van der Waals surface area contributed by atoms with Gasteiger partial charge in [0.15, 0.2) is 0 Å². The molecule has 2 heterocycles. The number of nitrogens with zero attached hydrogens (tertiary/aromatic N) is 3. The smallest absolute Gasteiger partial charge is 0.225 e. The Hall–Kier alpha value is -1.16. The Bertz CT molecular complexity index is 269. The van der Waals surface area contributed by atoms with E-state index in [1.54, 1.807) is 12.4 Å². The van der Waals surface area contributed by atoms with Crippen LogP contribution in [0.1, 0.15) is 12.0 Å². The Balaban J connectivity index is 2.04. The standard InChI is InChI=1S/C9H13N3O/c13-5-2-8-6-10-9(11-7-8)12-3-1-4-12/h6-7,13H,1-5H2. The average molecular weight is 179 g/mol. The lowest BCUT2D eigenvalue weighted by atomic mass is 10.2. The molecule has 0 aromatic carbocycles. The van der Waals surface area contributed by atoms with E-state index in [4.69, 9.17) is 5.11 Å². The molecule has 4 nitrogen and oxygen atoms in total. The van der Waals surface area contributed by atoms with Crippen molar-refractivity contribution >= 4 is 5.95 Å². The van der Waals surface area contributed by atoms with Gasteiger partial charge in [0.25, 0.3) is 0 Å². The van der Waals surface area contributed by atoms with Crippen molar-refractivity contribution in [3.63, 3.8) is 0 Å². The predicted molar refractivity (Wildman–Crippen MR) is 49.7 cm³/mol.